The number of benzene rings is 1. The Morgan fingerprint density at radius 2 is 1.71 bits per heavy atom. The molecule has 0 atom stereocenters. The van der Waals surface area contributed by atoms with Gasteiger partial charge in [0.05, 0.1) is 5.69 Å². The molecule has 2 nitrogen and oxygen atoms in total. The molecule has 0 unspecified atom stereocenters. The predicted octanol–water partition coefficient (Wildman–Crippen LogP) is 4.01. The van der Waals surface area contributed by atoms with E-state index in [1.807, 2.05) is 0 Å². The number of hydrogen-bond acceptors (Lipinski definition) is 2. The van der Waals surface area contributed by atoms with E-state index in [0.717, 1.165) is 6.07 Å². The SMILES string of the molecule is O=Cc1cc(F)nc(-c2cc(Cl)cc(Cl)c2)c1. The first-order valence-electron chi connectivity index (χ1n) is 4.68. The summed E-state index contributed by atoms with van der Waals surface area (Å²) in [5, 5.41) is 0.845. The third-order valence-electron chi connectivity index (χ3n) is 2.11. The second-order valence-corrected chi connectivity index (χ2v) is 4.26. The van der Waals surface area contributed by atoms with E-state index in [1.165, 1.54) is 6.07 Å². The van der Waals surface area contributed by atoms with Gasteiger partial charge in [0.15, 0.2) is 0 Å². The van der Waals surface area contributed by atoms with Gasteiger partial charge in [-0.05, 0) is 24.3 Å². The summed E-state index contributed by atoms with van der Waals surface area (Å²) in [4.78, 5) is 14.3. The number of aromatic nitrogens is 1. The molecule has 1 heterocycles. The third-order valence-corrected chi connectivity index (χ3v) is 2.55. The number of carbonyl (C=O) groups excluding carboxylic acids is 1. The molecule has 0 aliphatic carbocycles. The van der Waals surface area contributed by atoms with Crippen LogP contribution in [0.25, 0.3) is 11.3 Å². The van der Waals surface area contributed by atoms with Gasteiger partial charge in [0.2, 0.25) is 5.95 Å². The topological polar surface area (TPSA) is 30.0 Å². The molecule has 5 heteroatoms. The Morgan fingerprint density at radius 1 is 1.06 bits per heavy atom. The number of pyridine rings is 1. The fraction of sp³-hybridized carbons (Fsp3) is 0. The van der Waals surface area contributed by atoms with E-state index in [9.17, 15) is 9.18 Å². The number of nitrogens with zero attached hydrogens (tertiary/aromatic N) is 1. The van der Waals surface area contributed by atoms with Crippen LogP contribution >= 0.6 is 23.2 Å². The van der Waals surface area contributed by atoms with Crippen LogP contribution in [0.3, 0.4) is 0 Å². The molecule has 0 amide bonds. The van der Waals surface area contributed by atoms with Gasteiger partial charge in [0, 0.05) is 27.2 Å². The molecule has 0 fully saturated rings. The average molecular weight is 270 g/mol. The maximum Gasteiger partial charge on any atom is 0.214 e. The Kier molecular flexibility index (Phi) is 3.41. The van der Waals surface area contributed by atoms with Crippen LogP contribution < -0.4 is 0 Å². The summed E-state index contributed by atoms with van der Waals surface area (Å²) >= 11 is 11.7. The molecule has 2 aromatic rings. The first kappa shape index (κ1) is 12.0. The zero-order chi connectivity index (χ0) is 12.4. The monoisotopic (exact) mass is 269 g/mol. The molecule has 0 aliphatic heterocycles. The van der Waals surface area contributed by atoms with Gasteiger partial charge in [-0.15, -0.1) is 0 Å². The minimum absolute atomic E-state index is 0.212. The normalized spacial score (nSPS) is 10.3. The zero-order valence-electron chi connectivity index (χ0n) is 8.45. The number of hydrogen-bond donors (Lipinski definition) is 0. The van der Waals surface area contributed by atoms with Crippen LogP contribution in [0.2, 0.25) is 10.0 Å². The summed E-state index contributed by atoms with van der Waals surface area (Å²) in [7, 11) is 0. The molecular formula is C12H6Cl2FNO. The molecule has 2 rings (SSSR count). The maximum atomic E-state index is 13.2. The Bertz CT molecular complexity index is 566. The van der Waals surface area contributed by atoms with E-state index in [-0.39, 0.29) is 5.56 Å². The minimum Gasteiger partial charge on any atom is -0.298 e. The number of carbonyl (C=O) groups is 1. The lowest BCUT2D eigenvalue weighted by Gasteiger charge is -2.03. The number of aldehydes is 1. The zero-order valence-corrected chi connectivity index (χ0v) is 9.97. The van der Waals surface area contributed by atoms with Crippen LogP contribution in [0.15, 0.2) is 30.3 Å². The first-order chi connectivity index (χ1) is 8.08. The fourth-order valence-electron chi connectivity index (χ4n) is 1.43. The summed E-state index contributed by atoms with van der Waals surface area (Å²) < 4.78 is 13.2. The van der Waals surface area contributed by atoms with Crippen molar-refractivity contribution >= 4 is 29.5 Å². The second-order valence-electron chi connectivity index (χ2n) is 3.38. The molecule has 0 radical (unpaired) electrons. The summed E-state index contributed by atoms with van der Waals surface area (Å²) in [6.45, 7) is 0. The highest BCUT2D eigenvalue weighted by Crippen LogP contribution is 2.26. The van der Waals surface area contributed by atoms with Gasteiger partial charge >= 0.3 is 0 Å². The Hall–Kier alpha value is -1.45. The molecule has 1 aromatic carbocycles. The highest BCUT2D eigenvalue weighted by atomic mass is 35.5. The van der Waals surface area contributed by atoms with Crippen molar-refractivity contribution in [3.8, 4) is 11.3 Å². The van der Waals surface area contributed by atoms with Gasteiger partial charge in [-0.2, -0.15) is 4.39 Å². The Balaban J connectivity index is 2.59. The van der Waals surface area contributed by atoms with Crippen molar-refractivity contribution in [3.05, 3.63) is 51.9 Å². The van der Waals surface area contributed by atoms with Gasteiger partial charge in [0.1, 0.15) is 6.29 Å². The van der Waals surface area contributed by atoms with Crippen molar-refractivity contribution in [2.24, 2.45) is 0 Å². The molecule has 0 saturated heterocycles. The quantitative estimate of drug-likeness (QED) is 0.609. The fourth-order valence-corrected chi connectivity index (χ4v) is 1.96. The highest BCUT2D eigenvalue weighted by Gasteiger charge is 2.06. The molecule has 1 aromatic heterocycles. The summed E-state index contributed by atoms with van der Waals surface area (Å²) in [6, 6.07) is 7.29. The molecule has 0 spiro atoms. The van der Waals surface area contributed by atoms with E-state index >= 15 is 0 Å². The largest absolute Gasteiger partial charge is 0.298 e. The van der Waals surface area contributed by atoms with Gasteiger partial charge in [-0.25, -0.2) is 4.98 Å². The molecule has 0 bridgehead atoms. The maximum absolute atomic E-state index is 13.2. The van der Waals surface area contributed by atoms with E-state index in [2.05, 4.69) is 4.98 Å². The van der Waals surface area contributed by atoms with Crippen molar-refractivity contribution < 1.29 is 9.18 Å². The van der Waals surface area contributed by atoms with Crippen molar-refractivity contribution in [2.45, 2.75) is 0 Å². The molecule has 0 aliphatic rings. The second kappa shape index (κ2) is 4.82. The van der Waals surface area contributed by atoms with Crippen LogP contribution in [0, 0.1) is 5.95 Å². The van der Waals surface area contributed by atoms with Gasteiger partial charge < -0.3 is 0 Å². The summed E-state index contributed by atoms with van der Waals surface area (Å²) in [5.74, 6) is -0.722. The van der Waals surface area contributed by atoms with Crippen LogP contribution in [0.1, 0.15) is 10.4 Å². The summed E-state index contributed by atoms with van der Waals surface area (Å²) in [6.07, 6.45) is 0.556. The van der Waals surface area contributed by atoms with Crippen molar-refractivity contribution in [1.82, 2.24) is 4.98 Å². The van der Waals surface area contributed by atoms with Gasteiger partial charge in [-0.3, -0.25) is 4.79 Å². The van der Waals surface area contributed by atoms with Crippen LogP contribution in [0.4, 0.5) is 4.39 Å². The third kappa shape index (κ3) is 2.81. The molecular weight excluding hydrogens is 264 g/mol. The van der Waals surface area contributed by atoms with E-state index in [4.69, 9.17) is 23.2 Å². The van der Waals surface area contributed by atoms with Crippen molar-refractivity contribution in [2.75, 3.05) is 0 Å². The molecule has 86 valence electrons. The predicted molar refractivity (Wildman–Crippen MR) is 65.0 cm³/mol. The Morgan fingerprint density at radius 3 is 2.29 bits per heavy atom. The van der Waals surface area contributed by atoms with Crippen molar-refractivity contribution in [3.63, 3.8) is 0 Å². The summed E-state index contributed by atoms with van der Waals surface area (Å²) in [5.41, 5.74) is 1.09. The molecule has 0 N–H and O–H groups in total. The first-order valence-corrected chi connectivity index (χ1v) is 5.43. The van der Waals surface area contributed by atoms with Crippen molar-refractivity contribution in [1.29, 1.82) is 0 Å². The molecule has 0 saturated carbocycles. The van der Waals surface area contributed by atoms with Gasteiger partial charge in [-0.1, -0.05) is 23.2 Å². The number of rotatable bonds is 2. The number of halogens is 3. The standard InChI is InChI=1S/C12H6Cl2FNO/c13-9-3-8(4-10(14)5-9)11-1-7(6-17)2-12(15)16-11/h1-6H. The van der Waals surface area contributed by atoms with E-state index in [1.54, 1.807) is 18.2 Å². The van der Waals surface area contributed by atoms with Gasteiger partial charge in [0.25, 0.3) is 0 Å². The average Bonchev–Trinajstić information content (AvgIpc) is 2.26. The lowest BCUT2D eigenvalue weighted by atomic mass is 10.1. The molecule has 17 heavy (non-hydrogen) atoms. The lowest BCUT2D eigenvalue weighted by molar-refractivity contribution is 0.112. The smallest absolute Gasteiger partial charge is 0.214 e. The highest BCUT2D eigenvalue weighted by molar-refractivity contribution is 6.35. The lowest BCUT2D eigenvalue weighted by Crippen LogP contribution is -1.92. The van der Waals surface area contributed by atoms with Crippen LogP contribution in [-0.2, 0) is 0 Å². The van der Waals surface area contributed by atoms with E-state index < -0.39 is 5.95 Å². The minimum atomic E-state index is -0.722. The van der Waals surface area contributed by atoms with Crippen LogP contribution in [-0.4, -0.2) is 11.3 Å². The Labute approximate surface area is 107 Å². The van der Waals surface area contributed by atoms with E-state index in [0.29, 0.717) is 27.6 Å². The van der Waals surface area contributed by atoms with Crippen LogP contribution in [0.5, 0.6) is 0 Å².